The largest absolute Gasteiger partial charge is 0.394 e. The summed E-state index contributed by atoms with van der Waals surface area (Å²) >= 11 is 0. The van der Waals surface area contributed by atoms with Gasteiger partial charge in [0.15, 0.2) is 5.78 Å². The molecule has 52 heavy (non-hydrogen) atoms. The molecule has 0 spiro atoms. The van der Waals surface area contributed by atoms with Gasteiger partial charge in [-0.05, 0) is 123 Å². The van der Waals surface area contributed by atoms with Crippen LogP contribution >= 0.6 is 0 Å². The van der Waals surface area contributed by atoms with E-state index < -0.39 is 22.0 Å². The summed E-state index contributed by atoms with van der Waals surface area (Å²) in [6, 6.07) is 6.25. The molecule has 0 aromatic carbocycles. The third-order valence-corrected chi connectivity index (χ3v) is 7.07. The van der Waals surface area contributed by atoms with Crippen molar-refractivity contribution in [1.82, 2.24) is 9.13 Å². The van der Waals surface area contributed by atoms with Crippen LogP contribution in [0.25, 0.3) is 0 Å². The first-order valence-corrected chi connectivity index (χ1v) is 18.7. The van der Waals surface area contributed by atoms with Crippen molar-refractivity contribution in [2.45, 2.75) is 145 Å². The molecule has 2 rings (SSSR count). The Bertz CT molecular complexity index is 1390. The number of carbonyl (C=O) groups excluding carboxylic acids is 1. The standard InChI is InChI=1S/C12H18N2O2S.C8H9NO2.C4H11NOS.4C3H8O.Ti/c1-9(13-17(16)12(2,3)4)10-6-7-14(5)11(15)8-10;1-6(10)7-3-4-9(2)8(11)5-7;1-4(2,3)7(5)6;4*1-3(2)4;/h6-8H,1-5H3;3-5H,1-2H3;5H2,1-3H3;4*3-4H,1-2H3;. The average molecular weight is 815 g/mol. The number of carbonyl (C=O) groups is 1. The van der Waals surface area contributed by atoms with Gasteiger partial charge in [0.05, 0.1) is 26.2 Å². The van der Waals surface area contributed by atoms with Crippen molar-refractivity contribution in [3.05, 3.63) is 68.5 Å². The Kier molecular flexibility index (Phi) is 38.8. The summed E-state index contributed by atoms with van der Waals surface area (Å²) in [6.45, 7) is 28.1. The third-order valence-electron chi connectivity index (χ3n) is 4.38. The van der Waals surface area contributed by atoms with Crippen LogP contribution in [0.5, 0.6) is 0 Å². The fourth-order valence-corrected chi connectivity index (χ4v) is 2.48. The second kappa shape index (κ2) is 32.5. The van der Waals surface area contributed by atoms with Crippen LogP contribution in [0.3, 0.4) is 0 Å². The number of hydrogen-bond donors (Lipinski definition) is 5. The number of ketones is 1. The summed E-state index contributed by atoms with van der Waals surface area (Å²) in [7, 11) is 0.848. The number of aryl methyl sites for hydroxylation is 2. The second-order valence-electron chi connectivity index (χ2n) is 14.1. The van der Waals surface area contributed by atoms with E-state index in [-0.39, 0.29) is 72.5 Å². The Balaban J connectivity index is -0.000000131. The van der Waals surface area contributed by atoms with Gasteiger partial charge in [-0.2, -0.15) is 4.40 Å². The maximum atomic E-state index is 11.8. The Morgan fingerprint density at radius 3 is 1.13 bits per heavy atom. The van der Waals surface area contributed by atoms with Gasteiger partial charge in [-0.25, -0.2) is 8.42 Å². The molecule has 0 aliphatic heterocycles. The maximum Gasteiger partial charge on any atom is 0.250 e. The first-order valence-electron chi connectivity index (χ1n) is 16.4. The predicted molar refractivity (Wildman–Crippen MR) is 215 cm³/mol. The monoisotopic (exact) mass is 814 g/mol. The molecule has 16 heteroatoms. The summed E-state index contributed by atoms with van der Waals surface area (Å²) in [5.74, 6) is -0.0808. The topological polar surface area (TPSA) is 215 Å². The van der Waals surface area contributed by atoms with Crippen LogP contribution < -0.4 is 16.3 Å². The molecular formula is C36H70N4O9S2Ti. The van der Waals surface area contributed by atoms with E-state index in [0.29, 0.717) is 16.8 Å². The molecule has 0 aliphatic carbocycles. The number of aliphatic hydroxyl groups is 4. The van der Waals surface area contributed by atoms with Gasteiger partial charge in [-0.1, -0.05) is 0 Å². The van der Waals surface area contributed by atoms with E-state index in [1.807, 2.05) is 41.5 Å². The molecule has 0 saturated heterocycles. The van der Waals surface area contributed by atoms with Gasteiger partial charge in [0.25, 0.3) is 11.1 Å². The molecule has 304 valence electrons. The van der Waals surface area contributed by atoms with E-state index >= 15 is 0 Å². The maximum absolute atomic E-state index is 11.8. The van der Waals surface area contributed by atoms with E-state index in [1.165, 1.54) is 28.2 Å². The number of Topliss-reactive ketones (excluding diaryl/α,β-unsaturated/α-hetero) is 1. The van der Waals surface area contributed by atoms with Gasteiger partial charge < -0.3 is 29.6 Å². The first kappa shape index (κ1) is 62.1. The molecule has 2 aromatic heterocycles. The van der Waals surface area contributed by atoms with Gasteiger partial charge in [0.1, 0.15) is 11.0 Å². The molecule has 2 aromatic rings. The molecule has 2 heterocycles. The molecule has 6 N–H and O–H groups in total. The van der Waals surface area contributed by atoms with Crippen molar-refractivity contribution in [1.29, 1.82) is 0 Å². The number of aliphatic hydroxyl groups excluding tert-OH is 4. The molecule has 0 radical (unpaired) electrons. The smallest absolute Gasteiger partial charge is 0.250 e. The number of nitrogens with zero attached hydrogens (tertiary/aromatic N) is 3. The van der Waals surface area contributed by atoms with Gasteiger partial charge in [0, 0.05) is 95.9 Å². The van der Waals surface area contributed by atoms with Crippen LogP contribution in [-0.2, 0) is 57.8 Å². The minimum absolute atomic E-state index is 0. The van der Waals surface area contributed by atoms with Crippen LogP contribution in [0.2, 0.25) is 0 Å². The zero-order chi connectivity index (χ0) is 42.0. The number of hydrogen-bond acceptors (Lipinski definition) is 9. The molecule has 2 unspecified atom stereocenters. The van der Waals surface area contributed by atoms with Gasteiger partial charge in [0.2, 0.25) is 0 Å². The summed E-state index contributed by atoms with van der Waals surface area (Å²) in [5, 5.41) is 37.3. The zero-order valence-corrected chi connectivity index (χ0v) is 38.0. The number of pyridine rings is 2. The minimum atomic E-state index is -1.30. The summed E-state index contributed by atoms with van der Waals surface area (Å²) in [4.78, 5) is 33.2. The van der Waals surface area contributed by atoms with E-state index in [4.69, 9.17) is 25.6 Å². The molecule has 0 bridgehead atoms. The van der Waals surface area contributed by atoms with Crippen LogP contribution in [0.4, 0.5) is 0 Å². The molecule has 0 saturated carbocycles. The van der Waals surface area contributed by atoms with Crippen LogP contribution in [0.1, 0.15) is 127 Å². The van der Waals surface area contributed by atoms with E-state index in [9.17, 15) is 22.8 Å². The Labute approximate surface area is 333 Å². The Morgan fingerprint density at radius 2 is 0.923 bits per heavy atom. The van der Waals surface area contributed by atoms with Crippen LogP contribution in [0.15, 0.2) is 50.6 Å². The molecule has 2 atom stereocenters. The minimum Gasteiger partial charge on any atom is -0.394 e. The normalized spacial score (nSPS) is 11.9. The van der Waals surface area contributed by atoms with Crippen LogP contribution in [0, 0.1) is 0 Å². The summed E-state index contributed by atoms with van der Waals surface area (Å²) in [6.07, 6.45) is 2.59. The van der Waals surface area contributed by atoms with Crippen molar-refractivity contribution in [2.24, 2.45) is 23.6 Å². The predicted octanol–water partition coefficient (Wildman–Crippen LogP) is 4.20. The van der Waals surface area contributed by atoms with Gasteiger partial charge >= 0.3 is 0 Å². The van der Waals surface area contributed by atoms with Crippen molar-refractivity contribution in [3.8, 4) is 0 Å². The second-order valence-corrected chi connectivity index (χ2v) is 17.8. The molecule has 0 fully saturated rings. The van der Waals surface area contributed by atoms with Gasteiger partial charge in [-0.3, -0.25) is 19.5 Å². The number of nitrogens with two attached hydrogens (primary N) is 1. The van der Waals surface area contributed by atoms with Crippen LogP contribution in [-0.4, -0.2) is 83.4 Å². The van der Waals surface area contributed by atoms with E-state index in [1.54, 1.807) is 101 Å². The number of aromatic nitrogens is 2. The quantitative estimate of drug-likeness (QED) is 0.170. The van der Waals surface area contributed by atoms with Crippen molar-refractivity contribution >= 4 is 33.5 Å². The molecule has 13 nitrogen and oxygen atoms in total. The first-order chi connectivity index (χ1) is 22.7. The third kappa shape index (κ3) is 46.1. The number of rotatable bonds is 3. The summed E-state index contributed by atoms with van der Waals surface area (Å²) in [5.41, 5.74) is 1.55. The van der Waals surface area contributed by atoms with Crippen molar-refractivity contribution in [2.75, 3.05) is 0 Å². The Hall–Kier alpha value is -1.95. The Morgan fingerprint density at radius 1 is 0.673 bits per heavy atom. The van der Waals surface area contributed by atoms with Crippen molar-refractivity contribution < 1.29 is 55.4 Å². The van der Waals surface area contributed by atoms with Gasteiger partial charge in [-0.15, -0.1) is 0 Å². The zero-order valence-electron chi connectivity index (χ0n) is 34.8. The van der Waals surface area contributed by atoms with E-state index in [0.717, 1.165) is 0 Å². The van der Waals surface area contributed by atoms with Crippen molar-refractivity contribution in [3.63, 3.8) is 0 Å². The average Bonchev–Trinajstić information content (AvgIpc) is 2.90. The fraction of sp³-hybridized carbons (Fsp3) is 0.667. The fourth-order valence-electron chi connectivity index (χ4n) is 1.86. The molecule has 0 amide bonds. The van der Waals surface area contributed by atoms with E-state index in [2.05, 4.69) is 4.40 Å². The molecule has 0 aliphatic rings. The SMILES string of the molecule is CC(=NS(=O)C(C)(C)C)c1ccn(C)c(=O)c1.CC(=O)c1ccn(C)c(=O)c1.CC(C)(C)S(N)=O.CC(C)O.CC(C)O.CC(C)O.CC(C)O.[Ti]. The summed E-state index contributed by atoms with van der Waals surface area (Å²) < 4.78 is 28.6. The molecular weight excluding hydrogens is 744 g/mol.